The molecule has 0 saturated heterocycles. The van der Waals surface area contributed by atoms with Crippen LogP contribution in [0.2, 0.25) is 0 Å². The summed E-state index contributed by atoms with van der Waals surface area (Å²) in [4.78, 5) is 23.3. The van der Waals surface area contributed by atoms with E-state index in [2.05, 4.69) is 10.6 Å². The summed E-state index contributed by atoms with van der Waals surface area (Å²) in [5, 5.41) is 4.78. The molecule has 0 aliphatic rings. The van der Waals surface area contributed by atoms with Gasteiger partial charge in [-0.2, -0.15) is 0 Å². The third kappa shape index (κ3) is 3.65. The molecule has 0 aromatic heterocycles. The topological polar surface area (TPSA) is 58.2 Å². The summed E-state index contributed by atoms with van der Waals surface area (Å²) in [6, 6.07) is 12.4. The highest BCUT2D eigenvalue weighted by Gasteiger charge is 2.14. The first-order valence-electron chi connectivity index (χ1n) is 5.99. The maximum atomic E-state index is 13.0. The summed E-state index contributed by atoms with van der Waals surface area (Å²) in [7, 11) is 0. The van der Waals surface area contributed by atoms with Crippen molar-refractivity contribution >= 4 is 23.2 Å². The Kier molecular flexibility index (Phi) is 4.10. The molecule has 2 N–H and O–H groups in total. The molecule has 2 aromatic rings. The Labute approximate surface area is 115 Å². The first kappa shape index (κ1) is 13.7. The van der Waals surface area contributed by atoms with E-state index in [4.69, 9.17) is 0 Å². The second kappa shape index (κ2) is 5.97. The minimum Gasteiger partial charge on any atom is -0.318 e. The fraction of sp³-hybridized carbons (Fsp3) is 0.0667. The number of carbonyl (C=O) groups excluding carboxylic acids is 2. The van der Waals surface area contributed by atoms with Gasteiger partial charge >= 0.3 is 11.8 Å². The van der Waals surface area contributed by atoms with Crippen LogP contribution in [-0.2, 0) is 9.59 Å². The number of hydrogen-bond donors (Lipinski definition) is 2. The number of rotatable bonds is 2. The van der Waals surface area contributed by atoms with Gasteiger partial charge in [-0.15, -0.1) is 0 Å². The molecule has 0 atom stereocenters. The molecule has 0 saturated carbocycles. The van der Waals surface area contributed by atoms with Gasteiger partial charge in [-0.3, -0.25) is 9.59 Å². The summed E-state index contributed by atoms with van der Waals surface area (Å²) in [5.41, 5.74) is 1.80. The lowest BCUT2D eigenvalue weighted by Gasteiger charge is -2.06. The van der Waals surface area contributed by atoms with Crippen molar-refractivity contribution in [3.05, 3.63) is 59.9 Å². The minimum absolute atomic E-state index is 0.231. The quantitative estimate of drug-likeness (QED) is 0.826. The highest BCUT2D eigenvalue weighted by molar-refractivity contribution is 6.43. The van der Waals surface area contributed by atoms with Crippen molar-refractivity contribution in [3.8, 4) is 0 Å². The smallest absolute Gasteiger partial charge is 0.314 e. The van der Waals surface area contributed by atoms with Gasteiger partial charge in [0.1, 0.15) is 5.82 Å². The molecular weight excluding hydrogens is 259 g/mol. The molecule has 20 heavy (non-hydrogen) atoms. The van der Waals surface area contributed by atoms with Crippen molar-refractivity contribution in [3.63, 3.8) is 0 Å². The molecule has 0 unspecified atom stereocenters. The molecule has 2 aromatic carbocycles. The van der Waals surface area contributed by atoms with Crippen LogP contribution in [0.1, 0.15) is 5.56 Å². The molecule has 0 spiro atoms. The molecular formula is C15H13FN2O2. The summed E-state index contributed by atoms with van der Waals surface area (Å²) >= 11 is 0. The maximum Gasteiger partial charge on any atom is 0.314 e. The van der Waals surface area contributed by atoms with Gasteiger partial charge in [-0.25, -0.2) is 4.39 Å². The van der Waals surface area contributed by atoms with Crippen LogP contribution in [0.25, 0.3) is 0 Å². The largest absolute Gasteiger partial charge is 0.318 e. The fourth-order valence-electron chi connectivity index (χ4n) is 1.58. The Balaban J connectivity index is 1.98. The second-order valence-electron chi connectivity index (χ2n) is 4.28. The maximum absolute atomic E-state index is 13.0. The van der Waals surface area contributed by atoms with Gasteiger partial charge < -0.3 is 10.6 Å². The molecule has 2 rings (SSSR count). The number of carbonyl (C=O) groups is 2. The van der Waals surface area contributed by atoms with Gasteiger partial charge in [0.05, 0.1) is 0 Å². The molecule has 0 radical (unpaired) electrons. The number of amides is 2. The number of aryl methyl sites for hydroxylation is 1. The van der Waals surface area contributed by atoms with Crippen LogP contribution in [0.3, 0.4) is 0 Å². The van der Waals surface area contributed by atoms with Gasteiger partial charge in [-0.1, -0.05) is 23.8 Å². The zero-order valence-corrected chi connectivity index (χ0v) is 10.8. The molecule has 0 aliphatic carbocycles. The third-order valence-electron chi connectivity index (χ3n) is 2.60. The Hall–Kier alpha value is -2.69. The third-order valence-corrected chi connectivity index (χ3v) is 2.60. The molecule has 0 fully saturated rings. The fourth-order valence-corrected chi connectivity index (χ4v) is 1.58. The Bertz CT molecular complexity index is 639. The number of nitrogens with one attached hydrogen (secondary N) is 2. The Morgan fingerprint density at radius 1 is 0.900 bits per heavy atom. The van der Waals surface area contributed by atoms with Crippen molar-refractivity contribution < 1.29 is 14.0 Å². The monoisotopic (exact) mass is 272 g/mol. The van der Waals surface area contributed by atoms with Crippen LogP contribution in [0, 0.1) is 12.7 Å². The van der Waals surface area contributed by atoms with E-state index in [9.17, 15) is 14.0 Å². The van der Waals surface area contributed by atoms with Gasteiger partial charge in [-0.05, 0) is 37.3 Å². The summed E-state index contributed by atoms with van der Waals surface area (Å²) < 4.78 is 13.0. The number of anilines is 2. The van der Waals surface area contributed by atoms with E-state index in [1.54, 1.807) is 12.1 Å². The predicted molar refractivity (Wildman–Crippen MR) is 74.8 cm³/mol. The standard InChI is InChI=1S/C15H13FN2O2/c1-10-5-7-12(8-6-10)17-14(19)15(20)18-13-4-2-3-11(16)9-13/h2-9H,1H3,(H,17,19)(H,18,20). The van der Waals surface area contributed by atoms with E-state index in [1.807, 2.05) is 19.1 Å². The normalized spacial score (nSPS) is 9.90. The predicted octanol–water partition coefficient (Wildman–Crippen LogP) is 2.71. The van der Waals surface area contributed by atoms with Crippen molar-refractivity contribution in [1.29, 1.82) is 0 Å². The molecule has 0 bridgehead atoms. The van der Waals surface area contributed by atoms with Crippen molar-refractivity contribution in [1.82, 2.24) is 0 Å². The van der Waals surface area contributed by atoms with Gasteiger partial charge in [0.2, 0.25) is 0 Å². The van der Waals surface area contributed by atoms with Crippen LogP contribution >= 0.6 is 0 Å². The average molecular weight is 272 g/mol. The SMILES string of the molecule is Cc1ccc(NC(=O)C(=O)Nc2cccc(F)c2)cc1. The van der Waals surface area contributed by atoms with E-state index in [1.165, 1.54) is 18.2 Å². The van der Waals surface area contributed by atoms with Crippen molar-refractivity contribution in [2.45, 2.75) is 6.92 Å². The van der Waals surface area contributed by atoms with Crippen LogP contribution < -0.4 is 10.6 Å². The van der Waals surface area contributed by atoms with E-state index in [0.29, 0.717) is 5.69 Å². The molecule has 0 aliphatic heterocycles. The summed E-state index contributed by atoms with van der Waals surface area (Å²) in [6.07, 6.45) is 0. The van der Waals surface area contributed by atoms with Crippen molar-refractivity contribution in [2.24, 2.45) is 0 Å². The first-order chi connectivity index (χ1) is 9.54. The number of benzene rings is 2. The van der Waals surface area contributed by atoms with Crippen LogP contribution in [0.4, 0.5) is 15.8 Å². The number of halogens is 1. The molecule has 4 nitrogen and oxygen atoms in total. The second-order valence-corrected chi connectivity index (χ2v) is 4.28. The van der Waals surface area contributed by atoms with E-state index < -0.39 is 17.6 Å². The molecule has 0 heterocycles. The van der Waals surface area contributed by atoms with E-state index >= 15 is 0 Å². The minimum atomic E-state index is -0.851. The summed E-state index contributed by atoms with van der Waals surface area (Å²) in [5.74, 6) is -2.14. The number of hydrogen-bond acceptors (Lipinski definition) is 2. The van der Waals surface area contributed by atoms with E-state index in [0.717, 1.165) is 11.6 Å². The lowest BCUT2D eigenvalue weighted by Crippen LogP contribution is -2.29. The van der Waals surface area contributed by atoms with Gasteiger partial charge in [0.25, 0.3) is 0 Å². The average Bonchev–Trinajstić information content (AvgIpc) is 2.41. The molecule has 102 valence electrons. The molecule has 5 heteroatoms. The lowest BCUT2D eigenvalue weighted by molar-refractivity contribution is -0.133. The van der Waals surface area contributed by atoms with Gasteiger partial charge in [0.15, 0.2) is 0 Å². The Morgan fingerprint density at radius 2 is 1.50 bits per heavy atom. The molecule has 2 amide bonds. The zero-order valence-electron chi connectivity index (χ0n) is 10.8. The highest BCUT2D eigenvalue weighted by Crippen LogP contribution is 2.10. The zero-order chi connectivity index (χ0) is 14.5. The van der Waals surface area contributed by atoms with Crippen LogP contribution in [-0.4, -0.2) is 11.8 Å². The van der Waals surface area contributed by atoms with Crippen LogP contribution in [0.5, 0.6) is 0 Å². The first-order valence-corrected chi connectivity index (χ1v) is 5.99. The van der Waals surface area contributed by atoms with Gasteiger partial charge in [0, 0.05) is 11.4 Å². The highest BCUT2D eigenvalue weighted by atomic mass is 19.1. The lowest BCUT2D eigenvalue weighted by atomic mass is 10.2. The summed E-state index contributed by atoms with van der Waals surface area (Å²) in [6.45, 7) is 1.92. The van der Waals surface area contributed by atoms with Crippen LogP contribution in [0.15, 0.2) is 48.5 Å². The Morgan fingerprint density at radius 3 is 2.10 bits per heavy atom. The van der Waals surface area contributed by atoms with E-state index in [-0.39, 0.29) is 5.69 Å². The van der Waals surface area contributed by atoms with Crippen molar-refractivity contribution in [2.75, 3.05) is 10.6 Å².